The zero-order valence-corrected chi connectivity index (χ0v) is 24.8. The number of benzene rings is 2. The Morgan fingerprint density at radius 1 is 0.976 bits per heavy atom. The van der Waals surface area contributed by atoms with Crippen LogP contribution in [0.2, 0.25) is 0 Å². The molecular formula is C33H43N3O6. The summed E-state index contributed by atoms with van der Waals surface area (Å²) in [6.07, 6.45) is 5.07. The van der Waals surface area contributed by atoms with E-state index in [0.29, 0.717) is 63.5 Å². The molecule has 0 aromatic heterocycles. The van der Waals surface area contributed by atoms with E-state index >= 15 is 0 Å². The van der Waals surface area contributed by atoms with Gasteiger partial charge >= 0.3 is 12.2 Å². The van der Waals surface area contributed by atoms with Gasteiger partial charge in [0.2, 0.25) is 5.91 Å². The van der Waals surface area contributed by atoms with E-state index < -0.39 is 17.8 Å². The van der Waals surface area contributed by atoms with Crippen LogP contribution < -0.4 is 15.5 Å². The fourth-order valence-corrected chi connectivity index (χ4v) is 5.85. The number of nitrogens with one attached hydrogen (secondary N) is 2. The number of anilines is 1. The molecule has 2 aliphatic carbocycles. The lowest BCUT2D eigenvalue weighted by Crippen LogP contribution is -2.47. The molecule has 0 radical (unpaired) electrons. The maximum atomic E-state index is 12.8. The van der Waals surface area contributed by atoms with Gasteiger partial charge in [-0.1, -0.05) is 42.5 Å². The van der Waals surface area contributed by atoms with Gasteiger partial charge in [0, 0.05) is 36.0 Å². The number of amides is 3. The summed E-state index contributed by atoms with van der Waals surface area (Å²) in [5, 5.41) is 16.4. The molecular weight excluding hydrogens is 534 g/mol. The quantitative estimate of drug-likeness (QED) is 0.294. The maximum Gasteiger partial charge on any atom is 0.412 e. The standard InChI is InChI=1S/C33H43N3O6/c1-33(2,3)42-31(39)35-25-13-15-27(16-14-25)36(32(40)41)29-20-22(12-17-28(29)24-9-5-4-6-10-24)8-7-11-30(38)34-26-18-23(19-26)21-37/h4-6,9-10,12,17,20-21,23,25-27H,7-8,11,13-16,18-19H2,1-3H3,(H,34,38)(H,35,39)(H,40,41). The number of carbonyl (C=O) groups is 4. The second-order valence-corrected chi connectivity index (χ2v) is 12.5. The predicted molar refractivity (Wildman–Crippen MR) is 161 cm³/mol. The first kappa shape index (κ1) is 31.1. The topological polar surface area (TPSA) is 125 Å². The number of carbonyl (C=O) groups excluding carboxylic acids is 3. The molecule has 0 aliphatic heterocycles. The van der Waals surface area contributed by atoms with E-state index in [1.54, 1.807) is 0 Å². The minimum atomic E-state index is -1.01. The van der Waals surface area contributed by atoms with E-state index in [2.05, 4.69) is 10.6 Å². The van der Waals surface area contributed by atoms with Crippen LogP contribution >= 0.6 is 0 Å². The van der Waals surface area contributed by atoms with Gasteiger partial charge in [-0.2, -0.15) is 0 Å². The van der Waals surface area contributed by atoms with Gasteiger partial charge in [-0.05, 0) is 89.3 Å². The number of aldehydes is 1. The van der Waals surface area contributed by atoms with Crippen LogP contribution in [0.15, 0.2) is 48.5 Å². The zero-order chi connectivity index (χ0) is 30.3. The third kappa shape index (κ3) is 8.57. The Hall–Kier alpha value is -3.88. The molecule has 0 spiro atoms. The number of hydrogen-bond acceptors (Lipinski definition) is 5. The van der Waals surface area contributed by atoms with Crippen LogP contribution in [0.3, 0.4) is 0 Å². The highest BCUT2D eigenvalue weighted by atomic mass is 16.6. The summed E-state index contributed by atoms with van der Waals surface area (Å²) < 4.78 is 5.39. The number of rotatable bonds is 10. The van der Waals surface area contributed by atoms with Crippen molar-refractivity contribution in [3.05, 3.63) is 54.1 Å². The lowest BCUT2D eigenvalue weighted by molar-refractivity contribution is -0.124. The average molecular weight is 578 g/mol. The van der Waals surface area contributed by atoms with Crippen LogP contribution in [-0.4, -0.2) is 53.2 Å². The van der Waals surface area contributed by atoms with Gasteiger partial charge in [-0.3, -0.25) is 9.69 Å². The maximum absolute atomic E-state index is 12.8. The molecule has 0 heterocycles. The molecule has 0 unspecified atom stereocenters. The van der Waals surface area contributed by atoms with Crippen LogP contribution in [0, 0.1) is 5.92 Å². The highest BCUT2D eigenvalue weighted by molar-refractivity contribution is 5.93. The number of carboxylic acid groups (broad SMARTS) is 1. The lowest BCUT2D eigenvalue weighted by atomic mass is 9.81. The van der Waals surface area contributed by atoms with E-state index in [-0.39, 0.29) is 30.0 Å². The van der Waals surface area contributed by atoms with E-state index in [0.717, 1.165) is 23.0 Å². The van der Waals surface area contributed by atoms with Crippen molar-refractivity contribution in [1.82, 2.24) is 10.6 Å². The lowest BCUT2D eigenvalue weighted by Gasteiger charge is -2.36. The van der Waals surface area contributed by atoms with Crippen molar-refractivity contribution < 1.29 is 29.0 Å². The molecule has 3 N–H and O–H groups in total. The third-order valence-electron chi connectivity index (χ3n) is 8.00. The van der Waals surface area contributed by atoms with Gasteiger partial charge in [0.05, 0.1) is 5.69 Å². The summed E-state index contributed by atoms with van der Waals surface area (Å²) >= 11 is 0. The van der Waals surface area contributed by atoms with Crippen molar-refractivity contribution in [1.29, 1.82) is 0 Å². The Bertz CT molecular complexity index is 1240. The van der Waals surface area contributed by atoms with Crippen molar-refractivity contribution in [3.63, 3.8) is 0 Å². The average Bonchev–Trinajstić information content (AvgIpc) is 2.91. The van der Waals surface area contributed by atoms with Crippen molar-refractivity contribution in [2.24, 2.45) is 5.92 Å². The highest BCUT2D eigenvalue weighted by Crippen LogP contribution is 2.37. The normalized spacial score (nSPS) is 21.9. The SMILES string of the molecule is CC(C)(C)OC(=O)NC1CCC(N(C(=O)O)c2cc(CCCC(=O)NC3CC(C=O)C3)ccc2-c2ccccc2)CC1. The Morgan fingerprint density at radius 2 is 1.67 bits per heavy atom. The molecule has 0 bridgehead atoms. The summed E-state index contributed by atoms with van der Waals surface area (Å²) in [7, 11) is 0. The van der Waals surface area contributed by atoms with Crippen molar-refractivity contribution in [2.75, 3.05) is 4.90 Å². The number of hydrogen-bond donors (Lipinski definition) is 3. The van der Waals surface area contributed by atoms with Crippen LogP contribution in [0.1, 0.15) is 77.7 Å². The van der Waals surface area contributed by atoms with E-state index in [4.69, 9.17) is 4.74 Å². The van der Waals surface area contributed by atoms with Crippen LogP contribution in [0.4, 0.5) is 15.3 Å². The first-order valence-corrected chi connectivity index (χ1v) is 15.0. The molecule has 2 aromatic rings. The molecule has 226 valence electrons. The number of alkyl carbamates (subject to hydrolysis) is 1. The molecule has 0 atom stereocenters. The fraction of sp³-hybridized carbons (Fsp3) is 0.515. The first-order valence-electron chi connectivity index (χ1n) is 15.0. The van der Waals surface area contributed by atoms with E-state index in [9.17, 15) is 24.3 Å². The van der Waals surface area contributed by atoms with Gasteiger partial charge in [0.1, 0.15) is 11.9 Å². The Kier molecular flexibility index (Phi) is 10.2. The minimum absolute atomic E-state index is 0.0191. The molecule has 42 heavy (non-hydrogen) atoms. The molecule has 3 amide bonds. The number of ether oxygens (including phenoxy) is 1. The largest absolute Gasteiger partial charge is 0.465 e. The van der Waals surface area contributed by atoms with Gasteiger partial charge < -0.3 is 25.3 Å². The van der Waals surface area contributed by atoms with Crippen molar-refractivity contribution >= 4 is 30.1 Å². The Labute approximate surface area is 248 Å². The Morgan fingerprint density at radius 3 is 2.29 bits per heavy atom. The predicted octanol–water partition coefficient (Wildman–Crippen LogP) is 6.09. The monoisotopic (exact) mass is 577 g/mol. The molecule has 2 fully saturated rings. The van der Waals surface area contributed by atoms with E-state index in [1.807, 2.05) is 69.3 Å². The Balaban J connectivity index is 1.45. The van der Waals surface area contributed by atoms with Crippen LogP contribution in [0.25, 0.3) is 11.1 Å². The highest BCUT2D eigenvalue weighted by Gasteiger charge is 2.33. The van der Waals surface area contributed by atoms with Crippen LogP contribution in [0.5, 0.6) is 0 Å². The third-order valence-corrected chi connectivity index (χ3v) is 8.00. The first-order chi connectivity index (χ1) is 20.0. The summed E-state index contributed by atoms with van der Waals surface area (Å²) in [5.41, 5.74) is 2.78. The molecule has 9 nitrogen and oxygen atoms in total. The smallest absolute Gasteiger partial charge is 0.412 e. The summed E-state index contributed by atoms with van der Waals surface area (Å²) in [4.78, 5) is 49.7. The minimum Gasteiger partial charge on any atom is -0.465 e. The fourth-order valence-electron chi connectivity index (χ4n) is 5.85. The summed E-state index contributed by atoms with van der Waals surface area (Å²) in [5.74, 6) is 0.0414. The van der Waals surface area contributed by atoms with Crippen LogP contribution in [-0.2, 0) is 20.7 Å². The molecule has 2 aliphatic rings. The van der Waals surface area contributed by atoms with Gasteiger partial charge in [-0.25, -0.2) is 9.59 Å². The number of nitrogens with zero attached hydrogens (tertiary/aromatic N) is 1. The number of aryl methyl sites for hydroxylation is 1. The zero-order valence-electron chi connectivity index (χ0n) is 24.8. The van der Waals surface area contributed by atoms with Gasteiger partial charge in [-0.15, -0.1) is 0 Å². The molecule has 2 aromatic carbocycles. The molecule has 0 saturated heterocycles. The summed E-state index contributed by atoms with van der Waals surface area (Å²) in [6, 6.07) is 15.4. The molecule has 4 rings (SSSR count). The molecule has 2 saturated carbocycles. The second kappa shape index (κ2) is 13.9. The van der Waals surface area contributed by atoms with Gasteiger partial charge in [0.25, 0.3) is 0 Å². The van der Waals surface area contributed by atoms with Crippen molar-refractivity contribution in [2.45, 2.75) is 102 Å². The second-order valence-electron chi connectivity index (χ2n) is 12.5. The van der Waals surface area contributed by atoms with Gasteiger partial charge in [0.15, 0.2) is 0 Å². The van der Waals surface area contributed by atoms with E-state index in [1.165, 1.54) is 4.90 Å². The van der Waals surface area contributed by atoms with Crippen molar-refractivity contribution in [3.8, 4) is 11.1 Å². The summed E-state index contributed by atoms with van der Waals surface area (Å²) in [6.45, 7) is 5.46. The molecule has 9 heteroatoms.